The van der Waals surface area contributed by atoms with Crippen LogP contribution in [0.5, 0.6) is 11.5 Å². The SMILES string of the molecule is C(=NC1CCCCC1)=NC1CCCCC1.CCOc1ccc(-c2nc(C(N)=O)c3nc(CC4CCCCC4)n(C4CCCCC4)c3n2)cc1.CCOc1ccc(C=O)cc1.[C-]#[N+]/C(N)=C(/N)C#N. The second kappa shape index (κ2) is 28.6. The van der Waals surface area contributed by atoms with Crippen LogP contribution >= 0.6 is 0 Å². The number of imidazole rings is 1. The van der Waals surface area contributed by atoms with E-state index < -0.39 is 5.91 Å². The van der Waals surface area contributed by atoms with Crippen LogP contribution in [-0.2, 0) is 6.42 Å². The first kappa shape index (κ1) is 52.4. The number of nitrogens with zero attached hydrogens (tertiary/aromatic N) is 8. The lowest BCUT2D eigenvalue weighted by molar-refractivity contribution is 0.0996. The molecule has 362 valence electrons. The van der Waals surface area contributed by atoms with Crippen molar-refractivity contribution in [3.63, 3.8) is 0 Å². The normalized spacial score (nSPS) is 17.1. The molecule has 0 saturated heterocycles. The quantitative estimate of drug-likeness (QED) is 0.0527. The van der Waals surface area contributed by atoms with Gasteiger partial charge in [-0.1, -0.05) is 96.5 Å². The van der Waals surface area contributed by atoms with E-state index in [0.717, 1.165) is 54.1 Å². The number of hydrogen-bond donors (Lipinski definition) is 3. The summed E-state index contributed by atoms with van der Waals surface area (Å²) in [5, 5.41) is 7.98. The highest BCUT2D eigenvalue weighted by atomic mass is 16.5. The minimum Gasteiger partial charge on any atom is -0.494 e. The molecule has 6 N–H and O–H groups in total. The van der Waals surface area contributed by atoms with Crippen LogP contribution in [0.25, 0.3) is 27.4 Å². The van der Waals surface area contributed by atoms with E-state index in [1.54, 1.807) is 24.3 Å². The molecule has 4 fully saturated rings. The van der Waals surface area contributed by atoms with Crippen LogP contribution in [0.3, 0.4) is 0 Å². The van der Waals surface area contributed by atoms with Crippen molar-refractivity contribution in [1.82, 2.24) is 19.5 Å². The number of aldehydes is 1. The maximum Gasteiger partial charge on any atom is 0.269 e. The van der Waals surface area contributed by atoms with Crippen molar-refractivity contribution in [1.29, 1.82) is 5.26 Å². The Labute approximate surface area is 402 Å². The summed E-state index contributed by atoms with van der Waals surface area (Å²) in [4.78, 5) is 48.9. The summed E-state index contributed by atoms with van der Waals surface area (Å²) in [6, 6.07) is 20.7. The summed E-state index contributed by atoms with van der Waals surface area (Å²) >= 11 is 0. The molecule has 8 rings (SSSR count). The van der Waals surface area contributed by atoms with Gasteiger partial charge in [0.1, 0.15) is 40.9 Å². The maximum absolute atomic E-state index is 12.5. The fourth-order valence-electron chi connectivity index (χ4n) is 9.25. The van der Waals surface area contributed by atoms with Gasteiger partial charge in [-0.25, -0.2) is 24.9 Å². The van der Waals surface area contributed by atoms with Crippen molar-refractivity contribution in [2.24, 2.45) is 33.1 Å². The van der Waals surface area contributed by atoms with Crippen molar-refractivity contribution in [2.75, 3.05) is 13.2 Å². The Kier molecular flexibility index (Phi) is 22.0. The van der Waals surface area contributed by atoms with Crippen LogP contribution in [0.2, 0.25) is 0 Å². The molecule has 0 radical (unpaired) electrons. The number of aliphatic imine (C=N–C) groups is 2. The number of carbonyl (C=O) groups is 2. The van der Waals surface area contributed by atoms with E-state index in [2.05, 4.69) is 30.4 Å². The molecule has 2 aromatic carbocycles. The number of hydrogen-bond acceptors (Lipinski definition) is 12. The lowest BCUT2D eigenvalue weighted by Crippen LogP contribution is -2.19. The molecule has 0 unspecified atom stereocenters. The molecule has 2 heterocycles. The standard InChI is InChI=1S/C27H35N5O2.C13H22N2.C9H10O2.C4H4N4/c1-2-34-21-15-13-19(14-16-21)26-30-23(25(28)33)24-27(31-26)32(20-11-7-4-8-12-20)22(29-24)17-18-9-5-3-6-10-18;1-3-7-12(8-4-1)14-11-15-13-9-5-2-6-10-13;1-2-11-9-5-3-8(7-10)4-6-9;1-8-4(7)3(6)2-5/h13-16,18,20H,2-12,17H2,1H3,(H2,28,33);12-13H,1-10H2;3-7H,2H2,1H3;6-7H2/b;;;4-3+. The zero-order chi connectivity index (χ0) is 48.5. The smallest absolute Gasteiger partial charge is 0.269 e. The van der Waals surface area contributed by atoms with Crippen LogP contribution in [0, 0.1) is 23.8 Å². The number of rotatable bonds is 12. The van der Waals surface area contributed by atoms with Gasteiger partial charge in [0, 0.05) is 23.6 Å². The van der Waals surface area contributed by atoms with Gasteiger partial charge in [0.05, 0.1) is 31.3 Å². The van der Waals surface area contributed by atoms with Crippen LogP contribution in [0.1, 0.15) is 175 Å². The lowest BCUT2D eigenvalue weighted by atomic mass is 9.86. The van der Waals surface area contributed by atoms with E-state index in [1.165, 1.54) is 122 Å². The monoisotopic (exact) mass is 926 g/mol. The highest BCUT2D eigenvalue weighted by Gasteiger charge is 2.28. The Bertz CT molecular complexity index is 2320. The number of allylic oxidation sites excluding steroid dienone is 1. The van der Waals surface area contributed by atoms with Crippen LogP contribution < -0.4 is 26.7 Å². The number of nitriles is 1. The van der Waals surface area contributed by atoms with Gasteiger partial charge in [0.2, 0.25) is 0 Å². The molecule has 0 atom stereocenters. The summed E-state index contributed by atoms with van der Waals surface area (Å²) in [5.74, 6) is 3.00. The molecule has 15 nitrogen and oxygen atoms in total. The molecule has 4 saturated carbocycles. The van der Waals surface area contributed by atoms with Crippen molar-refractivity contribution < 1.29 is 19.1 Å². The van der Waals surface area contributed by atoms with Crippen LogP contribution in [0.15, 0.2) is 70.0 Å². The number of amides is 1. The van der Waals surface area contributed by atoms with E-state index in [9.17, 15) is 9.59 Å². The van der Waals surface area contributed by atoms with Crippen molar-refractivity contribution in [3.05, 3.63) is 88.5 Å². The molecule has 0 spiro atoms. The third kappa shape index (κ3) is 16.3. The molecular weight excluding hydrogens is 855 g/mol. The van der Waals surface area contributed by atoms with Gasteiger partial charge in [0.25, 0.3) is 11.7 Å². The van der Waals surface area contributed by atoms with E-state index in [4.69, 9.17) is 48.5 Å². The first-order chi connectivity index (χ1) is 33.2. The number of ether oxygens (including phenoxy) is 2. The van der Waals surface area contributed by atoms with Gasteiger partial charge in [-0.3, -0.25) is 9.59 Å². The Morgan fingerprint density at radius 1 is 0.750 bits per heavy atom. The van der Waals surface area contributed by atoms with Crippen molar-refractivity contribution in [3.8, 4) is 29.0 Å². The minimum atomic E-state index is -0.558. The van der Waals surface area contributed by atoms with E-state index >= 15 is 0 Å². The molecular formula is C53H71N11O4. The molecule has 0 aliphatic heterocycles. The minimum absolute atomic E-state index is 0.216. The number of aromatic nitrogens is 4. The van der Waals surface area contributed by atoms with E-state index in [1.807, 2.05) is 38.1 Å². The molecule has 4 aliphatic carbocycles. The molecule has 68 heavy (non-hydrogen) atoms. The third-order valence-corrected chi connectivity index (χ3v) is 12.9. The molecule has 4 aliphatic rings. The van der Waals surface area contributed by atoms with Gasteiger partial charge >= 0.3 is 0 Å². The number of carbonyl (C=O) groups excluding carboxylic acids is 2. The predicted octanol–water partition coefficient (Wildman–Crippen LogP) is 10.9. The largest absolute Gasteiger partial charge is 0.494 e. The Morgan fingerprint density at radius 3 is 1.71 bits per heavy atom. The summed E-state index contributed by atoms with van der Waals surface area (Å²) in [6.45, 7) is 11.4. The first-order valence-corrected chi connectivity index (χ1v) is 24.8. The fraction of sp³-hybridized carbons (Fsp3) is 0.547. The Hall–Kier alpha value is -6.57. The highest BCUT2D eigenvalue weighted by molar-refractivity contribution is 6.02. The zero-order valence-electron chi connectivity index (χ0n) is 40.2. The Balaban J connectivity index is 0.000000208. The second-order valence-corrected chi connectivity index (χ2v) is 17.9. The van der Waals surface area contributed by atoms with Gasteiger partial charge in [-0.15, -0.1) is 0 Å². The van der Waals surface area contributed by atoms with Gasteiger partial charge < -0.3 is 36.1 Å². The summed E-state index contributed by atoms with van der Waals surface area (Å²) in [7, 11) is 0. The number of benzene rings is 2. The fourth-order valence-corrected chi connectivity index (χ4v) is 9.25. The summed E-state index contributed by atoms with van der Waals surface area (Å²) < 4.78 is 13.1. The third-order valence-electron chi connectivity index (χ3n) is 12.9. The summed E-state index contributed by atoms with van der Waals surface area (Å²) in [6.07, 6.45) is 27.3. The maximum atomic E-state index is 12.5. The predicted molar refractivity (Wildman–Crippen MR) is 267 cm³/mol. The molecule has 2 aromatic heterocycles. The van der Waals surface area contributed by atoms with Crippen molar-refractivity contribution in [2.45, 2.75) is 167 Å². The number of fused-ring (bicyclic) bond motifs is 1. The summed E-state index contributed by atoms with van der Waals surface area (Å²) in [5.41, 5.74) is 18.4. The topological polar surface area (TPSA) is 227 Å². The van der Waals surface area contributed by atoms with E-state index in [0.29, 0.717) is 54.2 Å². The number of nitrogens with two attached hydrogens (primary N) is 3. The lowest BCUT2D eigenvalue weighted by Gasteiger charge is -2.27. The first-order valence-electron chi connectivity index (χ1n) is 24.8. The van der Waals surface area contributed by atoms with Gasteiger partial charge in [-0.2, -0.15) is 5.26 Å². The average molecular weight is 926 g/mol. The molecule has 15 heteroatoms. The average Bonchev–Trinajstić information content (AvgIpc) is 3.75. The zero-order valence-corrected chi connectivity index (χ0v) is 40.2. The second-order valence-electron chi connectivity index (χ2n) is 17.9. The highest BCUT2D eigenvalue weighted by Crippen LogP contribution is 2.36. The molecule has 4 aromatic rings. The van der Waals surface area contributed by atoms with Crippen LogP contribution in [-0.4, -0.2) is 63.0 Å². The van der Waals surface area contributed by atoms with E-state index in [-0.39, 0.29) is 17.2 Å². The molecule has 1 amide bonds. The van der Waals surface area contributed by atoms with Crippen LogP contribution in [0.4, 0.5) is 0 Å². The van der Waals surface area contributed by atoms with Gasteiger partial charge in [0.15, 0.2) is 17.2 Å². The van der Waals surface area contributed by atoms with Gasteiger partial charge in [-0.05, 0) is 107 Å². The Morgan fingerprint density at radius 2 is 1.25 bits per heavy atom. The van der Waals surface area contributed by atoms with Crippen molar-refractivity contribution >= 4 is 29.4 Å². The molecule has 0 bridgehead atoms. The number of primary amides is 1.